The normalized spacial score (nSPS) is 32.8. The molecule has 2 N–H and O–H groups in total. The molecule has 2 aliphatic carbocycles. The van der Waals surface area contributed by atoms with Crippen LogP contribution in [-0.4, -0.2) is 20.8 Å². The van der Waals surface area contributed by atoms with Gasteiger partial charge in [-0.15, -0.1) is 0 Å². The van der Waals surface area contributed by atoms with Crippen LogP contribution in [0.15, 0.2) is 6.33 Å². The molecule has 2 fully saturated rings. The second-order valence-corrected chi connectivity index (χ2v) is 6.55. The lowest BCUT2D eigenvalue weighted by molar-refractivity contribution is 0.116. The van der Waals surface area contributed by atoms with Crippen molar-refractivity contribution in [3.05, 3.63) is 12.2 Å². The van der Waals surface area contributed by atoms with E-state index in [2.05, 4.69) is 10.1 Å². The summed E-state index contributed by atoms with van der Waals surface area (Å²) in [6.45, 7) is 0. The highest BCUT2D eigenvalue weighted by molar-refractivity contribution is 4.93. The zero-order chi connectivity index (χ0) is 13.2. The first-order chi connectivity index (χ1) is 9.24. The van der Waals surface area contributed by atoms with Gasteiger partial charge in [-0.3, -0.25) is 4.68 Å². The Labute approximate surface area is 115 Å². The summed E-state index contributed by atoms with van der Waals surface area (Å²) < 4.78 is 1.85. The lowest BCUT2D eigenvalue weighted by Crippen LogP contribution is -2.39. The van der Waals surface area contributed by atoms with E-state index in [1.165, 1.54) is 44.9 Å². The second kappa shape index (κ2) is 5.61. The summed E-state index contributed by atoms with van der Waals surface area (Å²) in [6.07, 6.45) is 12.4. The third-order valence-corrected chi connectivity index (χ3v) is 5.41. The quantitative estimate of drug-likeness (QED) is 0.909. The van der Waals surface area contributed by atoms with E-state index in [1.807, 2.05) is 11.7 Å². The predicted octanol–water partition coefficient (Wildman–Crippen LogP) is 2.29. The maximum Gasteiger partial charge on any atom is 0.138 e. The van der Waals surface area contributed by atoms with Crippen molar-refractivity contribution in [2.75, 3.05) is 0 Å². The van der Waals surface area contributed by atoms with Crippen LogP contribution in [0.4, 0.5) is 0 Å². The summed E-state index contributed by atoms with van der Waals surface area (Å²) in [4.78, 5) is 4.30. The molecular formula is C15H26N4. The van der Waals surface area contributed by atoms with Crippen LogP contribution in [0.3, 0.4) is 0 Å². The predicted molar refractivity (Wildman–Crippen MR) is 75.5 cm³/mol. The van der Waals surface area contributed by atoms with Crippen LogP contribution < -0.4 is 5.73 Å². The maximum absolute atomic E-state index is 6.45. The molecule has 0 aliphatic heterocycles. The summed E-state index contributed by atoms with van der Waals surface area (Å²) in [7, 11) is 1.95. The van der Waals surface area contributed by atoms with Gasteiger partial charge in [-0.2, -0.15) is 5.10 Å². The summed E-state index contributed by atoms with van der Waals surface area (Å²) in [5, 5.41) is 4.13. The molecule has 2 saturated carbocycles. The minimum atomic E-state index is 0.255. The van der Waals surface area contributed by atoms with Gasteiger partial charge in [-0.25, -0.2) is 4.98 Å². The lowest BCUT2D eigenvalue weighted by Gasteiger charge is -2.41. The van der Waals surface area contributed by atoms with E-state index >= 15 is 0 Å². The molecule has 4 atom stereocenters. The highest BCUT2D eigenvalue weighted by Gasteiger charge is 2.34. The smallest absolute Gasteiger partial charge is 0.138 e. The number of rotatable bonds is 3. The van der Waals surface area contributed by atoms with E-state index in [4.69, 9.17) is 5.73 Å². The Morgan fingerprint density at radius 3 is 2.79 bits per heavy atom. The van der Waals surface area contributed by atoms with Crippen LogP contribution in [0.25, 0.3) is 0 Å². The van der Waals surface area contributed by atoms with E-state index < -0.39 is 0 Å². The fourth-order valence-corrected chi connectivity index (χ4v) is 4.18. The van der Waals surface area contributed by atoms with Crippen LogP contribution in [0.1, 0.15) is 50.8 Å². The SMILES string of the molecule is Cn1ncnc1CC(N)C1CCC2CCCCC2C1. The van der Waals surface area contributed by atoms with Crippen molar-refractivity contribution in [3.8, 4) is 0 Å². The topological polar surface area (TPSA) is 56.7 Å². The molecule has 0 bridgehead atoms. The first-order valence-corrected chi connectivity index (χ1v) is 7.82. The van der Waals surface area contributed by atoms with E-state index in [9.17, 15) is 0 Å². The number of hydrogen-bond donors (Lipinski definition) is 1. The molecule has 1 aromatic heterocycles. The highest BCUT2D eigenvalue weighted by Crippen LogP contribution is 2.43. The zero-order valence-corrected chi connectivity index (χ0v) is 12.0. The van der Waals surface area contributed by atoms with Gasteiger partial charge in [0.15, 0.2) is 0 Å². The number of fused-ring (bicyclic) bond motifs is 1. The molecule has 1 heterocycles. The third kappa shape index (κ3) is 2.83. The van der Waals surface area contributed by atoms with Crippen molar-refractivity contribution >= 4 is 0 Å². The molecule has 2 aliphatic rings. The Balaban J connectivity index is 1.58. The lowest BCUT2D eigenvalue weighted by atomic mass is 9.66. The molecule has 3 rings (SSSR count). The van der Waals surface area contributed by atoms with Crippen LogP contribution >= 0.6 is 0 Å². The van der Waals surface area contributed by atoms with E-state index in [-0.39, 0.29) is 6.04 Å². The third-order valence-electron chi connectivity index (χ3n) is 5.41. The van der Waals surface area contributed by atoms with Crippen molar-refractivity contribution in [2.45, 2.75) is 57.4 Å². The van der Waals surface area contributed by atoms with Crippen LogP contribution in [0.5, 0.6) is 0 Å². The Morgan fingerprint density at radius 1 is 1.26 bits per heavy atom. The number of aromatic nitrogens is 3. The monoisotopic (exact) mass is 262 g/mol. The Bertz CT molecular complexity index is 414. The molecule has 0 spiro atoms. The van der Waals surface area contributed by atoms with Crippen molar-refractivity contribution in [2.24, 2.45) is 30.5 Å². The van der Waals surface area contributed by atoms with Crippen molar-refractivity contribution in [1.82, 2.24) is 14.8 Å². The molecule has 106 valence electrons. The zero-order valence-electron chi connectivity index (χ0n) is 12.0. The average molecular weight is 262 g/mol. The molecule has 19 heavy (non-hydrogen) atoms. The number of nitrogens with two attached hydrogens (primary N) is 1. The van der Waals surface area contributed by atoms with Gasteiger partial charge in [0.2, 0.25) is 0 Å². The molecule has 4 unspecified atom stereocenters. The molecule has 0 saturated heterocycles. The first kappa shape index (κ1) is 13.1. The van der Waals surface area contributed by atoms with Crippen molar-refractivity contribution in [1.29, 1.82) is 0 Å². The number of nitrogens with zero attached hydrogens (tertiary/aromatic N) is 3. The number of aryl methyl sites for hydroxylation is 1. The van der Waals surface area contributed by atoms with Crippen LogP contribution in [0, 0.1) is 17.8 Å². The minimum Gasteiger partial charge on any atom is -0.327 e. The molecular weight excluding hydrogens is 236 g/mol. The fraction of sp³-hybridized carbons (Fsp3) is 0.867. The maximum atomic E-state index is 6.45. The molecule has 0 aromatic carbocycles. The Kier molecular flexibility index (Phi) is 3.87. The Hall–Kier alpha value is -0.900. The van der Waals surface area contributed by atoms with Gasteiger partial charge in [0.05, 0.1) is 0 Å². The first-order valence-electron chi connectivity index (χ1n) is 7.82. The largest absolute Gasteiger partial charge is 0.327 e. The van der Waals surface area contributed by atoms with Gasteiger partial charge in [0.1, 0.15) is 12.2 Å². The van der Waals surface area contributed by atoms with E-state index in [0.29, 0.717) is 5.92 Å². The van der Waals surface area contributed by atoms with E-state index in [0.717, 1.165) is 24.1 Å². The van der Waals surface area contributed by atoms with Crippen LogP contribution in [0.2, 0.25) is 0 Å². The summed E-state index contributed by atoms with van der Waals surface area (Å²) >= 11 is 0. The summed E-state index contributed by atoms with van der Waals surface area (Å²) in [6, 6.07) is 0.255. The van der Waals surface area contributed by atoms with Gasteiger partial charge in [0.25, 0.3) is 0 Å². The molecule has 4 heteroatoms. The van der Waals surface area contributed by atoms with Gasteiger partial charge in [-0.05, 0) is 37.0 Å². The van der Waals surface area contributed by atoms with Gasteiger partial charge >= 0.3 is 0 Å². The molecule has 0 radical (unpaired) electrons. The minimum absolute atomic E-state index is 0.255. The molecule has 4 nitrogen and oxygen atoms in total. The van der Waals surface area contributed by atoms with Crippen molar-refractivity contribution in [3.63, 3.8) is 0 Å². The number of hydrogen-bond acceptors (Lipinski definition) is 3. The van der Waals surface area contributed by atoms with E-state index in [1.54, 1.807) is 6.33 Å². The fourth-order valence-electron chi connectivity index (χ4n) is 4.18. The average Bonchev–Trinajstić information content (AvgIpc) is 2.84. The van der Waals surface area contributed by atoms with Crippen LogP contribution in [-0.2, 0) is 13.5 Å². The van der Waals surface area contributed by atoms with Gasteiger partial charge < -0.3 is 5.73 Å². The molecule has 1 aromatic rings. The standard InChI is InChI=1S/C15H26N4/c1-19-15(17-10-18-19)9-14(16)13-7-6-11-4-2-3-5-12(11)8-13/h10-14H,2-9,16H2,1H3. The van der Waals surface area contributed by atoms with Gasteiger partial charge in [-0.1, -0.05) is 25.7 Å². The molecule has 0 amide bonds. The summed E-state index contributed by atoms with van der Waals surface area (Å²) in [5.41, 5.74) is 6.45. The van der Waals surface area contributed by atoms with Gasteiger partial charge in [0, 0.05) is 19.5 Å². The Morgan fingerprint density at radius 2 is 2.05 bits per heavy atom. The second-order valence-electron chi connectivity index (χ2n) is 6.55. The van der Waals surface area contributed by atoms with Crippen molar-refractivity contribution < 1.29 is 0 Å². The highest BCUT2D eigenvalue weighted by atomic mass is 15.3. The summed E-state index contributed by atoms with van der Waals surface area (Å²) in [5.74, 6) is 3.68.